The van der Waals surface area contributed by atoms with Crippen molar-refractivity contribution in [1.29, 1.82) is 0 Å². The summed E-state index contributed by atoms with van der Waals surface area (Å²) in [6, 6.07) is 9.75. The molecule has 0 atom stereocenters. The van der Waals surface area contributed by atoms with Gasteiger partial charge in [0.1, 0.15) is 11.5 Å². The Hall–Kier alpha value is -3.60. The number of amides is 1. The van der Waals surface area contributed by atoms with Gasteiger partial charge < -0.3 is 9.80 Å². The Labute approximate surface area is 189 Å². The number of halogens is 1. The predicted molar refractivity (Wildman–Crippen MR) is 121 cm³/mol. The zero-order valence-corrected chi connectivity index (χ0v) is 18.8. The molecule has 1 saturated heterocycles. The number of aryl methyl sites for hydroxylation is 1. The van der Waals surface area contributed by atoms with E-state index in [1.165, 1.54) is 24.3 Å². The van der Waals surface area contributed by atoms with Crippen LogP contribution in [0.1, 0.15) is 16.1 Å². The predicted octanol–water partition coefficient (Wildman–Crippen LogP) is 2.96. The molecular weight excluding hydrogens is 451 g/mol. The van der Waals surface area contributed by atoms with Gasteiger partial charge in [-0.25, -0.2) is 12.8 Å². The number of aromatic nitrogens is 1. The van der Waals surface area contributed by atoms with Crippen molar-refractivity contribution in [2.75, 3.05) is 37.3 Å². The highest BCUT2D eigenvalue weighted by Gasteiger charge is 2.28. The number of piperazine rings is 1. The van der Waals surface area contributed by atoms with Crippen molar-refractivity contribution in [3.05, 3.63) is 69.7 Å². The Morgan fingerprint density at radius 3 is 2.42 bits per heavy atom. The molecule has 1 fully saturated rings. The molecule has 0 radical (unpaired) electrons. The highest BCUT2D eigenvalue weighted by Crippen LogP contribution is 2.32. The number of anilines is 1. The minimum absolute atomic E-state index is 0.120. The molecule has 1 aliphatic heterocycles. The van der Waals surface area contributed by atoms with Crippen molar-refractivity contribution in [3.63, 3.8) is 0 Å². The average Bonchev–Trinajstić information content (AvgIpc) is 2.77. The van der Waals surface area contributed by atoms with E-state index in [1.807, 2.05) is 0 Å². The summed E-state index contributed by atoms with van der Waals surface area (Å²) in [6.07, 6.45) is 0.996. The third-order valence-corrected chi connectivity index (χ3v) is 6.79. The molecule has 0 unspecified atom stereocenters. The summed E-state index contributed by atoms with van der Waals surface area (Å²) in [6.45, 7) is 3.03. The molecule has 0 bridgehead atoms. The minimum atomic E-state index is -3.58. The Morgan fingerprint density at radius 1 is 1.09 bits per heavy atom. The van der Waals surface area contributed by atoms with E-state index >= 15 is 0 Å². The van der Waals surface area contributed by atoms with Crippen molar-refractivity contribution in [1.82, 2.24) is 9.88 Å². The van der Waals surface area contributed by atoms with Gasteiger partial charge in [0, 0.05) is 50.0 Å². The summed E-state index contributed by atoms with van der Waals surface area (Å²) >= 11 is 0. The summed E-state index contributed by atoms with van der Waals surface area (Å²) in [4.78, 5) is 31.7. The maximum absolute atomic E-state index is 13.5. The molecule has 1 amide bonds. The van der Waals surface area contributed by atoms with Crippen LogP contribution in [0, 0.1) is 22.9 Å². The van der Waals surface area contributed by atoms with Crippen LogP contribution in [0.25, 0.3) is 10.9 Å². The van der Waals surface area contributed by atoms with Crippen LogP contribution in [0.2, 0.25) is 0 Å². The second-order valence-electron chi connectivity index (χ2n) is 7.92. The van der Waals surface area contributed by atoms with Gasteiger partial charge in [-0.3, -0.25) is 19.9 Å². The van der Waals surface area contributed by atoms with E-state index in [1.54, 1.807) is 28.9 Å². The average molecular weight is 472 g/mol. The lowest BCUT2D eigenvalue weighted by atomic mass is 10.1. The molecule has 1 aliphatic rings. The van der Waals surface area contributed by atoms with E-state index in [-0.39, 0.29) is 16.5 Å². The number of carbonyl (C=O) groups excluding carboxylic acids is 1. The molecule has 11 heteroatoms. The number of nitro benzene ring substituents is 1. The van der Waals surface area contributed by atoms with Crippen LogP contribution in [0.3, 0.4) is 0 Å². The van der Waals surface area contributed by atoms with Gasteiger partial charge in [0.05, 0.1) is 26.6 Å². The third kappa shape index (κ3) is 4.49. The molecule has 172 valence electrons. The number of pyridine rings is 1. The quantitative estimate of drug-likeness (QED) is 0.424. The van der Waals surface area contributed by atoms with E-state index in [2.05, 4.69) is 4.98 Å². The molecule has 33 heavy (non-hydrogen) atoms. The van der Waals surface area contributed by atoms with Gasteiger partial charge in [-0.15, -0.1) is 0 Å². The first-order valence-electron chi connectivity index (χ1n) is 10.1. The van der Waals surface area contributed by atoms with Crippen molar-refractivity contribution < 1.29 is 22.5 Å². The van der Waals surface area contributed by atoms with E-state index < -0.39 is 20.6 Å². The van der Waals surface area contributed by atoms with Crippen LogP contribution in [-0.4, -0.2) is 61.6 Å². The number of sulfone groups is 1. The summed E-state index contributed by atoms with van der Waals surface area (Å²) < 4.78 is 37.0. The van der Waals surface area contributed by atoms with Crippen molar-refractivity contribution in [3.8, 4) is 0 Å². The SMILES string of the molecule is Cc1nc2cc(F)ccc2cc1C(=O)N1CCN(c2ccc(S(C)(=O)=O)cc2[N+](=O)[O-])CC1. The molecular formula is C22H21FN4O5S. The number of hydrogen-bond donors (Lipinski definition) is 0. The minimum Gasteiger partial charge on any atom is -0.362 e. The van der Waals surface area contributed by atoms with Crippen molar-refractivity contribution in [2.24, 2.45) is 0 Å². The number of nitrogens with zero attached hydrogens (tertiary/aromatic N) is 4. The van der Waals surface area contributed by atoms with Crippen LogP contribution in [0.4, 0.5) is 15.8 Å². The van der Waals surface area contributed by atoms with Gasteiger partial charge in [0.2, 0.25) is 0 Å². The van der Waals surface area contributed by atoms with Crippen LogP contribution in [-0.2, 0) is 9.84 Å². The number of fused-ring (bicyclic) bond motifs is 1. The number of benzene rings is 2. The lowest BCUT2D eigenvalue weighted by Gasteiger charge is -2.36. The van der Waals surface area contributed by atoms with Gasteiger partial charge in [-0.05, 0) is 37.3 Å². The second-order valence-corrected chi connectivity index (χ2v) is 9.93. The molecule has 3 aromatic rings. The lowest BCUT2D eigenvalue weighted by Crippen LogP contribution is -2.49. The van der Waals surface area contributed by atoms with Crippen molar-refractivity contribution in [2.45, 2.75) is 11.8 Å². The van der Waals surface area contributed by atoms with Gasteiger partial charge in [0.25, 0.3) is 11.6 Å². The maximum atomic E-state index is 13.5. The number of rotatable bonds is 4. The fourth-order valence-electron chi connectivity index (χ4n) is 3.92. The highest BCUT2D eigenvalue weighted by molar-refractivity contribution is 7.90. The fraction of sp³-hybridized carbons (Fsp3) is 0.273. The van der Waals surface area contributed by atoms with E-state index in [4.69, 9.17) is 0 Å². The molecule has 4 rings (SSSR count). The van der Waals surface area contributed by atoms with Gasteiger partial charge >= 0.3 is 0 Å². The first-order valence-corrected chi connectivity index (χ1v) is 12.0. The molecule has 2 heterocycles. The van der Waals surface area contributed by atoms with Gasteiger partial charge in [0.15, 0.2) is 9.84 Å². The van der Waals surface area contributed by atoms with E-state index in [0.717, 1.165) is 12.3 Å². The Morgan fingerprint density at radius 2 is 1.79 bits per heavy atom. The van der Waals surface area contributed by atoms with E-state index in [9.17, 15) is 27.7 Å². The lowest BCUT2D eigenvalue weighted by molar-refractivity contribution is -0.384. The monoisotopic (exact) mass is 472 g/mol. The molecule has 9 nitrogen and oxygen atoms in total. The normalized spacial score (nSPS) is 14.5. The fourth-order valence-corrected chi connectivity index (χ4v) is 4.56. The maximum Gasteiger partial charge on any atom is 0.293 e. The number of carbonyl (C=O) groups is 1. The smallest absolute Gasteiger partial charge is 0.293 e. The summed E-state index contributed by atoms with van der Waals surface area (Å²) in [5.41, 5.74) is 1.40. The molecule has 0 N–H and O–H groups in total. The van der Waals surface area contributed by atoms with Crippen LogP contribution in [0.15, 0.2) is 47.4 Å². The van der Waals surface area contributed by atoms with Gasteiger partial charge in [-0.1, -0.05) is 0 Å². The van der Waals surface area contributed by atoms with Crippen LogP contribution in [0.5, 0.6) is 0 Å². The number of nitro groups is 1. The Kier molecular flexibility index (Phi) is 5.75. The zero-order valence-electron chi connectivity index (χ0n) is 18.0. The second kappa shape index (κ2) is 8.39. The summed E-state index contributed by atoms with van der Waals surface area (Å²) in [5.74, 6) is -0.615. The van der Waals surface area contributed by atoms with Crippen LogP contribution < -0.4 is 4.90 Å². The van der Waals surface area contributed by atoms with Crippen LogP contribution >= 0.6 is 0 Å². The zero-order chi connectivity index (χ0) is 23.9. The number of hydrogen-bond acceptors (Lipinski definition) is 7. The van der Waals surface area contributed by atoms with Crippen molar-refractivity contribution >= 4 is 38.0 Å². The summed E-state index contributed by atoms with van der Waals surface area (Å²) in [5, 5.41) is 12.2. The van der Waals surface area contributed by atoms with Gasteiger partial charge in [-0.2, -0.15) is 0 Å². The molecule has 2 aromatic carbocycles. The largest absolute Gasteiger partial charge is 0.362 e. The third-order valence-electron chi connectivity index (χ3n) is 5.68. The highest BCUT2D eigenvalue weighted by atomic mass is 32.2. The standard InChI is InChI=1S/C22H21FN4O5S/c1-14-18(11-15-3-4-16(23)12-19(15)24-14)22(28)26-9-7-25(8-10-26)20-6-5-17(33(2,31)32)13-21(20)27(29)30/h3-6,11-13H,7-10H2,1-2H3. The topological polar surface area (TPSA) is 114 Å². The molecule has 0 aliphatic carbocycles. The first kappa shape index (κ1) is 22.6. The Balaban J connectivity index is 1.54. The molecule has 0 spiro atoms. The molecule has 0 saturated carbocycles. The molecule has 1 aromatic heterocycles. The Bertz CT molecular complexity index is 1390. The summed E-state index contributed by atoms with van der Waals surface area (Å²) in [7, 11) is -3.58. The van der Waals surface area contributed by atoms with E-state index in [0.29, 0.717) is 54.0 Å². The first-order chi connectivity index (χ1) is 15.5.